The SMILES string of the molecule is Cc1cc(C)cc(NC(=S)NCCCO[C@@H](C)c2ccccc2)c1. The summed E-state index contributed by atoms with van der Waals surface area (Å²) in [5.41, 5.74) is 4.68. The first-order valence-corrected chi connectivity index (χ1v) is 8.75. The Morgan fingerprint density at radius 2 is 1.75 bits per heavy atom. The lowest BCUT2D eigenvalue weighted by Gasteiger charge is -2.14. The molecule has 1 atom stereocenters. The van der Waals surface area contributed by atoms with Crippen LogP contribution in [0.5, 0.6) is 0 Å². The van der Waals surface area contributed by atoms with Crippen LogP contribution in [0, 0.1) is 13.8 Å². The third kappa shape index (κ3) is 6.30. The molecule has 2 aromatic rings. The molecule has 0 bridgehead atoms. The van der Waals surface area contributed by atoms with Gasteiger partial charge in [0.25, 0.3) is 0 Å². The Hall–Kier alpha value is -1.91. The van der Waals surface area contributed by atoms with Gasteiger partial charge in [0, 0.05) is 18.8 Å². The van der Waals surface area contributed by atoms with Crippen molar-refractivity contribution in [3.63, 3.8) is 0 Å². The molecule has 2 N–H and O–H groups in total. The average Bonchev–Trinajstić information content (AvgIpc) is 2.54. The van der Waals surface area contributed by atoms with E-state index in [-0.39, 0.29) is 6.10 Å². The summed E-state index contributed by atoms with van der Waals surface area (Å²) in [7, 11) is 0. The Morgan fingerprint density at radius 3 is 2.42 bits per heavy atom. The summed E-state index contributed by atoms with van der Waals surface area (Å²) < 4.78 is 5.86. The van der Waals surface area contributed by atoms with Gasteiger partial charge in [-0.25, -0.2) is 0 Å². The molecule has 0 radical (unpaired) electrons. The zero-order valence-electron chi connectivity index (χ0n) is 14.6. The number of ether oxygens (including phenoxy) is 1. The van der Waals surface area contributed by atoms with Crippen molar-refractivity contribution in [2.24, 2.45) is 0 Å². The van der Waals surface area contributed by atoms with Gasteiger partial charge < -0.3 is 15.4 Å². The van der Waals surface area contributed by atoms with Crippen LogP contribution in [0.2, 0.25) is 0 Å². The first-order valence-electron chi connectivity index (χ1n) is 8.34. The molecule has 3 nitrogen and oxygen atoms in total. The zero-order valence-corrected chi connectivity index (χ0v) is 15.5. The summed E-state index contributed by atoms with van der Waals surface area (Å²) in [6.07, 6.45) is 1.03. The fourth-order valence-corrected chi connectivity index (χ4v) is 2.80. The van der Waals surface area contributed by atoms with Gasteiger partial charge in [0.2, 0.25) is 0 Å². The first-order chi connectivity index (χ1) is 11.5. The minimum atomic E-state index is 0.117. The third-order valence-corrected chi connectivity index (χ3v) is 3.97. The maximum absolute atomic E-state index is 5.86. The predicted molar refractivity (Wildman–Crippen MR) is 106 cm³/mol. The molecule has 0 saturated carbocycles. The van der Waals surface area contributed by atoms with Gasteiger partial charge in [-0.2, -0.15) is 0 Å². The molecule has 0 aliphatic heterocycles. The van der Waals surface area contributed by atoms with Crippen molar-refractivity contribution in [1.29, 1.82) is 0 Å². The molecule has 2 aromatic carbocycles. The lowest BCUT2D eigenvalue weighted by atomic mass is 10.1. The zero-order chi connectivity index (χ0) is 17.4. The Labute approximate surface area is 150 Å². The second-order valence-corrected chi connectivity index (χ2v) is 6.44. The van der Waals surface area contributed by atoms with E-state index in [9.17, 15) is 0 Å². The minimum absolute atomic E-state index is 0.117. The maximum atomic E-state index is 5.86. The van der Waals surface area contributed by atoms with E-state index in [2.05, 4.69) is 61.7 Å². The molecule has 0 aromatic heterocycles. The van der Waals surface area contributed by atoms with Gasteiger partial charge in [-0.3, -0.25) is 0 Å². The molecule has 0 spiro atoms. The van der Waals surface area contributed by atoms with Crippen molar-refractivity contribution in [1.82, 2.24) is 5.32 Å². The van der Waals surface area contributed by atoms with Crippen molar-refractivity contribution in [2.75, 3.05) is 18.5 Å². The van der Waals surface area contributed by atoms with Crippen LogP contribution >= 0.6 is 12.2 Å². The lowest BCUT2D eigenvalue weighted by molar-refractivity contribution is 0.0646. The van der Waals surface area contributed by atoms with Crippen LogP contribution in [0.15, 0.2) is 48.5 Å². The molecule has 4 heteroatoms. The molecule has 0 saturated heterocycles. The van der Waals surface area contributed by atoms with Crippen LogP contribution < -0.4 is 10.6 Å². The number of benzene rings is 2. The maximum Gasteiger partial charge on any atom is 0.170 e. The van der Waals surface area contributed by atoms with Crippen LogP contribution in [-0.2, 0) is 4.74 Å². The second-order valence-electron chi connectivity index (χ2n) is 6.03. The average molecular weight is 343 g/mol. The van der Waals surface area contributed by atoms with E-state index in [1.807, 2.05) is 18.2 Å². The Balaban J connectivity index is 1.64. The van der Waals surface area contributed by atoms with E-state index in [4.69, 9.17) is 17.0 Å². The van der Waals surface area contributed by atoms with E-state index in [1.54, 1.807) is 0 Å². The van der Waals surface area contributed by atoms with Crippen molar-refractivity contribution in [2.45, 2.75) is 33.3 Å². The number of thiocarbonyl (C=S) groups is 1. The van der Waals surface area contributed by atoms with E-state index < -0.39 is 0 Å². The van der Waals surface area contributed by atoms with Crippen LogP contribution in [0.1, 0.15) is 36.1 Å². The topological polar surface area (TPSA) is 33.3 Å². The van der Waals surface area contributed by atoms with Crippen LogP contribution in [0.25, 0.3) is 0 Å². The Morgan fingerprint density at radius 1 is 1.08 bits per heavy atom. The highest BCUT2D eigenvalue weighted by Crippen LogP contribution is 2.16. The quantitative estimate of drug-likeness (QED) is 0.561. The van der Waals surface area contributed by atoms with Crippen molar-refractivity contribution >= 4 is 23.0 Å². The molecule has 0 heterocycles. The molecular formula is C20H26N2OS. The normalized spacial score (nSPS) is 11.8. The van der Waals surface area contributed by atoms with Gasteiger partial charge in [-0.05, 0) is 68.2 Å². The van der Waals surface area contributed by atoms with Crippen LogP contribution in [-0.4, -0.2) is 18.3 Å². The highest BCUT2D eigenvalue weighted by Gasteiger charge is 2.04. The number of aryl methyl sites for hydroxylation is 2. The van der Waals surface area contributed by atoms with Crippen molar-refractivity contribution in [3.05, 3.63) is 65.2 Å². The second kappa shape index (κ2) is 9.40. The summed E-state index contributed by atoms with van der Waals surface area (Å²) in [5.74, 6) is 0. The number of rotatable bonds is 7. The molecule has 0 unspecified atom stereocenters. The number of nitrogens with one attached hydrogen (secondary N) is 2. The fraction of sp³-hybridized carbons (Fsp3) is 0.350. The van der Waals surface area contributed by atoms with Gasteiger partial charge in [0.15, 0.2) is 5.11 Å². The van der Waals surface area contributed by atoms with E-state index in [0.29, 0.717) is 11.7 Å². The molecule has 24 heavy (non-hydrogen) atoms. The summed E-state index contributed by atoms with van der Waals surface area (Å²) >= 11 is 5.34. The molecular weight excluding hydrogens is 316 g/mol. The molecule has 0 aliphatic carbocycles. The molecule has 2 rings (SSSR count). The third-order valence-electron chi connectivity index (χ3n) is 3.72. The lowest BCUT2D eigenvalue weighted by Crippen LogP contribution is -2.29. The van der Waals surface area contributed by atoms with Crippen LogP contribution in [0.4, 0.5) is 5.69 Å². The minimum Gasteiger partial charge on any atom is -0.374 e. The summed E-state index contributed by atoms with van der Waals surface area (Å²) in [5, 5.41) is 7.10. The number of hydrogen-bond donors (Lipinski definition) is 2. The largest absolute Gasteiger partial charge is 0.374 e. The van der Waals surface area contributed by atoms with Gasteiger partial charge in [-0.1, -0.05) is 36.4 Å². The first kappa shape index (κ1) is 18.4. The molecule has 128 valence electrons. The van der Waals surface area contributed by atoms with E-state index in [0.717, 1.165) is 18.7 Å². The van der Waals surface area contributed by atoms with Gasteiger partial charge in [0.1, 0.15) is 0 Å². The summed E-state index contributed by atoms with van der Waals surface area (Å²) in [6.45, 7) is 7.74. The Kier molecular flexibility index (Phi) is 7.22. The summed E-state index contributed by atoms with van der Waals surface area (Å²) in [4.78, 5) is 0. The van der Waals surface area contributed by atoms with Crippen molar-refractivity contribution < 1.29 is 4.74 Å². The number of hydrogen-bond acceptors (Lipinski definition) is 2. The van der Waals surface area contributed by atoms with E-state index >= 15 is 0 Å². The standard InChI is InChI=1S/C20H26N2OS/c1-15-12-16(2)14-19(13-15)22-20(24)21-10-7-11-23-17(3)18-8-5-4-6-9-18/h4-6,8-9,12-14,17H,7,10-11H2,1-3H3,(H2,21,22,24)/t17-/m0/s1. The summed E-state index contributed by atoms with van der Waals surface area (Å²) in [6, 6.07) is 16.6. The highest BCUT2D eigenvalue weighted by molar-refractivity contribution is 7.80. The Bertz CT molecular complexity index is 638. The fourth-order valence-electron chi connectivity index (χ4n) is 2.58. The molecule has 0 aliphatic rings. The van der Waals surface area contributed by atoms with Crippen LogP contribution in [0.3, 0.4) is 0 Å². The van der Waals surface area contributed by atoms with Gasteiger partial charge >= 0.3 is 0 Å². The van der Waals surface area contributed by atoms with Crippen molar-refractivity contribution in [3.8, 4) is 0 Å². The monoisotopic (exact) mass is 342 g/mol. The number of anilines is 1. The predicted octanol–water partition coefficient (Wildman–Crippen LogP) is 4.76. The van der Waals surface area contributed by atoms with E-state index in [1.165, 1.54) is 16.7 Å². The molecule has 0 amide bonds. The molecule has 0 fully saturated rings. The van der Waals surface area contributed by atoms with Gasteiger partial charge in [0.05, 0.1) is 6.10 Å². The highest BCUT2D eigenvalue weighted by atomic mass is 32.1. The smallest absolute Gasteiger partial charge is 0.170 e. The van der Waals surface area contributed by atoms with Gasteiger partial charge in [-0.15, -0.1) is 0 Å².